The lowest BCUT2D eigenvalue weighted by atomic mass is 10.1. The highest BCUT2D eigenvalue weighted by atomic mass is 16.6. The Balaban J connectivity index is 2.44. The van der Waals surface area contributed by atoms with Crippen molar-refractivity contribution in [2.75, 3.05) is 0 Å². The van der Waals surface area contributed by atoms with Gasteiger partial charge in [-0.2, -0.15) is 0 Å². The molecule has 2 amide bonds. The maximum absolute atomic E-state index is 11.8. The SMILES string of the molecule is CC(C)(C)OC(=O)NC(CCC(=O)OCc1ccccc1)CC(N)=O. The van der Waals surface area contributed by atoms with Crippen LogP contribution in [0.25, 0.3) is 0 Å². The largest absolute Gasteiger partial charge is 0.461 e. The summed E-state index contributed by atoms with van der Waals surface area (Å²) in [7, 11) is 0. The molecule has 3 N–H and O–H groups in total. The van der Waals surface area contributed by atoms with Crippen molar-refractivity contribution in [2.24, 2.45) is 5.73 Å². The molecule has 1 atom stereocenters. The predicted molar refractivity (Wildman–Crippen MR) is 92.4 cm³/mol. The molecule has 0 aliphatic carbocycles. The topological polar surface area (TPSA) is 108 Å². The van der Waals surface area contributed by atoms with Crippen LogP contribution in [0.2, 0.25) is 0 Å². The van der Waals surface area contributed by atoms with Crippen molar-refractivity contribution in [3.05, 3.63) is 35.9 Å². The van der Waals surface area contributed by atoms with Crippen molar-refractivity contribution < 1.29 is 23.9 Å². The average Bonchev–Trinajstić information content (AvgIpc) is 2.49. The third kappa shape index (κ3) is 10.0. The van der Waals surface area contributed by atoms with E-state index in [1.807, 2.05) is 30.3 Å². The second-order valence-electron chi connectivity index (χ2n) is 6.70. The van der Waals surface area contributed by atoms with E-state index in [-0.39, 0.29) is 25.9 Å². The molecular weight excluding hydrogens is 324 g/mol. The van der Waals surface area contributed by atoms with Crippen molar-refractivity contribution in [1.82, 2.24) is 5.32 Å². The van der Waals surface area contributed by atoms with E-state index in [0.29, 0.717) is 0 Å². The fourth-order valence-electron chi connectivity index (χ4n) is 2.04. The van der Waals surface area contributed by atoms with Gasteiger partial charge in [0.2, 0.25) is 5.91 Å². The van der Waals surface area contributed by atoms with E-state index in [4.69, 9.17) is 15.2 Å². The first-order valence-corrected chi connectivity index (χ1v) is 8.13. The highest BCUT2D eigenvalue weighted by molar-refractivity contribution is 5.76. The molecule has 1 aromatic rings. The van der Waals surface area contributed by atoms with Crippen LogP contribution in [0.3, 0.4) is 0 Å². The molecular formula is C18H26N2O5. The molecule has 7 nitrogen and oxygen atoms in total. The number of benzene rings is 1. The van der Waals surface area contributed by atoms with Gasteiger partial charge < -0.3 is 20.5 Å². The highest BCUT2D eigenvalue weighted by Crippen LogP contribution is 2.10. The first-order valence-electron chi connectivity index (χ1n) is 8.13. The maximum atomic E-state index is 11.8. The number of hydrogen-bond acceptors (Lipinski definition) is 5. The molecule has 0 heterocycles. The number of alkyl carbamates (subject to hydrolysis) is 1. The number of carbonyl (C=O) groups excluding carboxylic acids is 3. The molecule has 0 saturated heterocycles. The number of nitrogens with two attached hydrogens (primary N) is 1. The molecule has 0 aromatic heterocycles. The first kappa shape index (κ1) is 20.5. The van der Waals surface area contributed by atoms with Gasteiger partial charge in [-0.05, 0) is 32.8 Å². The van der Waals surface area contributed by atoms with Crippen LogP contribution < -0.4 is 11.1 Å². The standard InChI is InChI=1S/C18H26N2O5/c1-18(2,3)25-17(23)20-14(11-15(19)21)9-10-16(22)24-12-13-7-5-4-6-8-13/h4-8,14H,9-12H2,1-3H3,(H2,19,21)(H,20,23). The van der Waals surface area contributed by atoms with Gasteiger partial charge in [0.1, 0.15) is 12.2 Å². The Morgan fingerprint density at radius 1 is 1.16 bits per heavy atom. The van der Waals surface area contributed by atoms with E-state index in [2.05, 4.69) is 5.32 Å². The molecule has 0 bridgehead atoms. The van der Waals surface area contributed by atoms with Gasteiger partial charge in [-0.1, -0.05) is 30.3 Å². The van der Waals surface area contributed by atoms with Crippen molar-refractivity contribution in [2.45, 2.75) is 58.3 Å². The summed E-state index contributed by atoms with van der Waals surface area (Å²) in [6.07, 6.45) is -0.446. The minimum absolute atomic E-state index is 0.0561. The molecule has 0 radical (unpaired) electrons. The van der Waals surface area contributed by atoms with Crippen LogP contribution in [0.4, 0.5) is 4.79 Å². The van der Waals surface area contributed by atoms with Crippen LogP contribution in [0.15, 0.2) is 30.3 Å². The molecule has 138 valence electrons. The second-order valence-corrected chi connectivity index (χ2v) is 6.70. The third-order valence-corrected chi connectivity index (χ3v) is 3.11. The molecule has 0 aliphatic heterocycles. The number of nitrogens with one attached hydrogen (secondary N) is 1. The van der Waals surface area contributed by atoms with Crippen molar-refractivity contribution in [3.8, 4) is 0 Å². The molecule has 1 unspecified atom stereocenters. The summed E-state index contributed by atoms with van der Waals surface area (Å²) >= 11 is 0. The summed E-state index contributed by atoms with van der Waals surface area (Å²) in [5, 5.41) is 2.56. The number of ether oxygens (including phenoxy) is 2. The zero-order valence-corrected chi connectivity index (χ0v) is 14.9. The molecule has 25 heavy (non-hydrogen) atoms. The van der Waals surface area contributed by atoms with Crippen LogP contribution >= 0.6 is 0 Å². The summed E-state index contributed by atoms with van der Waals surface area (Å²) in [5.41, 5.74) is 5.42. The van der Waals surface area contributed by atoms with Crippen molar-refractivity contribution in [3.63, 3.8) is 0 Å². The lowest BCUT2D eigenvalue weighted by molar-refractivity contribution is -0.145. The lowest BCUT2D eigenvalue weighted by Crippen LogP contribution is -2.41. The van der Waals surface area contributed by atoms with E-state index < -0.39 is 29.6 Å². The Morgan fingerprint density at radius 3 is 2.36 bits per heavy atom. The normalized spacial score (nSPS) is 12.1. The summed E-state index contributed by atoms with van der Waals surface area (Å²) in [4.78, 5) is 34.8. The van der Waals surface area contributed by atoms with Crippen LogP contribution in [-0.2, 0) is 25.7 Å². The lowest BCUT2D eigenvalue weighted by Gasteiger charge is -2.23. The average molecular weight is 350 g/mol. The van der Waals surface area contributed by atoms with Crippen LogP contribution in [0.5, 0.6) is 0 Å². The zero-order valence-electron chi connectivity index (χ0n) is 14.9. The number of carbonyl (C=O) groups is 3. The van der Waals surface area contributed by atoms with Gasteiger partial charge >= 0.3 is 12.1 Å². The molecule has 1 aromatic carbocycles. The van der Waals surface area contributed by atoms with E-state index in [1.165, 1.54) is 0 Å². The van der Waals surface area contributed by atoms with Crippen molar-refractivity contribution >= 4 is 18.0 Å². The van der Waals surface area contributed by atoms with E-state index in [9.17, 15) is 14.4 Å². The number of rotatable bonds is 8. The molecule has 0 aliphatic rings. The summed E-state index contributed by atoms with van der Waals surface area (Å²) in [6.45, 7) is 5.38. The Kier molecular flexibility index (Phi) is 7.91. The second kappa shape index (κ2) is 9.66. The van der Waals surface area contributed by atoms with Crippen LogP contribution in [-0.4, -0.2) is 29.6 Å². The quantitative estimate of drug-likeness (QED) is 0.699. The van der Waals surface area contributed by atoms with E-state index >= 15 is 0 Å². The molecule has 0 spiro atoms. The smallest absolute Gasteiger partial charge is 0.407 e. The van der Waals surface area contributed by atoms with Crippen LogP contribution in [0, 0.1) is 0 Å². The molecule has 0 fully saturated rings. The van der Waals surface area contributed by atoms with Gasteiger partial charge in [-0.25, -0.2) is 4.79 Å². The zero-order chi connectivity index (χ0) is 18.9. The van der Waals surface area contributed by atoms with Gasteiger partial charge in [0.15, 0.2) is 0 Å². The summed E-state index contributed by atoms with van der Waals surface area (Å²) < 4.78 is 10.3. The van der Waals surface area contributed by atoms with Gasteiger partial charge in [-0.3, -0.25) is 9.59 Å². The number of primary amides is 1. The highest BCUT2D eigenvalue weighted by Gasteiger charge is 2.21. The summed E-state index contributed by atoms with van der Waals surface area (Å²) in [6, 6.07) is 8.72. The molecule has 0 saturated carbocycles. The minimum Gasteiger partial charge on any atom is -0.461 e. The maximum Gasteiger partial charge on any atom is 0.407 e. The van der Waals surface area contributed by atoms with E-state index in [0.717, 1.165) is 5.56 Å². The Labute approximate surface area is 147 Å². The fourth-order valence-corrected chi connectivity index (χ4v) is 2.04. The van der Waals surface area contributed by atoms with Gasteiger partial charge in [0, 0.05) is 18.9 Å². The Morgan fingerprint density at radius 2 is 1.80 bits per heavy atom. The number of hydrogen-bond donors (Lipinski definition) is 2. The van der Waals surface area contributed by atoms with Gasteiger partial charge in [0.05, 0.1) is 0 Å². The first-order chi connectivity index (χ1) is 11.7. The monoisotopic (exact) mass is 350 g/mol. The number of esters is 1. The number of amides is 2. The summed E-state index contributed by atoms with van der Waals surface area (Å²) in [5.74, 6) is -0.983. The third-order valence-electron chi connectivity index (χ3n) is 3.11. The van der Waals surface area contributed by atoms with Gasteiger partial charge in [0.25, 0.3) is 0 Å². The molecule has 1 rings (SSSR count). The predicted octanol–water partition coefficient (Wildman–Crippen LogP) is 2.28. The van der Waals surface area contributed by atoms with Gasteiger partial charge in [-0.15, -0.1) is 0 Å². The fraction of sp³-hybridized carbons (Fsp3) is 0.500. The Bertz CT molecular complexity index is 581. The Hall–Kier alpha value is -2.57. The molecule has 7 heteroatoms. The minimum atomic E-state index is -0.657. The van der Waals surface area contributed by atoms with Crippen molar-refractivity contribution in [1.29, 1.82) is 0 Å². The van der Waals surface area contributed by atoms with E-state index in [1.54, 1.807) is 20.8 Å². The van der Waals surface area contributed by atoms with Crippen LogP contribution in [0.1, 0.15) is 45.6 Å².